The molecule has 0 saturated carbocycles. The topological polar surface area (TPSA) is 25.8 Å². The van der Waals surface area contributed by atoms with Crippen molar-refractivity contribution in [2.45, 2.75) is 23.4 Å². The molecule has 4 heteroatoms. The fraction of sp³-hybridized carbons (Fsp3) is 0.200. The fourth-order valence-corrected chi connectivity index (χ4v) is 1.71. The number of aromatic nitrogens is 2. The number of hydrogen-bond donors (Lipinski definition) is 2. The Bertz CT molecular complexity index is 483. The Labute approximate surface area is 93.6 Å². The van der Waals surface area contributed by atoms with Crippen LogP contribution < -0.4 is 0 Å². The molecule has 0 aliphatic rings. The van der Waals surface area contributed by atoms with Gasteiger partial charge in [-0.25, -0.2) is 9.97 Å². The van der Waals surface area contributed by atoms with Crippen molar-refractivity contribution < 1.29 is 0 Å². The van der Waals surface area contributed by atoms with Crippen LogP contribution in [0.4, 0.5) is 0 Å². The zero-order valence-corrected chi connectivity index (χ0v) is 9.52. The average Bonchev–Trinajstić information content (AvgIpc) is 2.19. The van der Waals surface area contributed by atoms with Crippen LogP contribution in [-0.2, 0) is 6.42 Å². The van der Waals surface area contributed by atoms with Crippen LogP contribution in [-0.4, -0.2) is 9.97 Å². The summed E-state index contributed by atoms with van der Waals surface area (Å²) in [6.07, 6.45) is 0.950. The van der Waals surface area contributed by atoms with Crippen molar-refractivity contribution in [3.05, 3.63) is 23.8 Å². The first-order valence-corrected chi connectivity index (χ1v) is 5.29. The van der Waals surface area contributed by atoms with E-state index in [9.17, 15) is 0 Å². The summed E-state index contributed by atoms with van der Waals surface area (Å²) in [6, 6.07) is 5.98. The number of benzene rings is 1. The fourth-order valence-electron chi connectivity index (χ4n) is 1.40. The molecule has 2 aromatic rings. The predicted molar refractivity (Wildman–Crippen MR) is 63.4 cm³/mol. The average molecular weight is 222 g/mol. The van der Waals surface area contributed by atoms with Crippen LogP contribution >= 0.6 is 25.3 Å². The zero-order valence-electron chi connectivity index (χ0n) is 7.73. The Balaban J connectivity index is 2.81. The lowest BCUT2D eigenvalue weighted by molar-refractivity contribution is 0.971. The highest BCUT2D eigenvalue weighted by atomic mass is 32.1. The molecule has 2 rings (SSSR count). The van der Waals surface area contributed by atoms with Crippen molar-refractivity contribution in [1.29, 1.82) is 0 Å². The second-order valence-electron chi connectivity index (χ2n) is 3.01. The maximum Gasteiger partial charge on any atom is 0.126 e. The summed E-state index contributed by atoms with van der Waals surface area (Å²) in [5.74, 6) is 0. The molecule has 0 spiro atoms. The first-order valence-electron chi connectivity index (χ1n) is 4.40. The van der Waals surface area contributed by atoms with E-state index in [0.717, 1.165) is 17.5 Å². The van der Waals surface area contributed by atoms with E-state index in [1.165, 1.54) is 5.56 Å². The minimum absolute atomic E-state index is 0.578. The third-order valence-electron chi connectivity index (χ3n) is 2.12. The molecule has 1 aromatic carbocycles. The number of rotatable bonds is 1. The lowest BCUT2D eigenvalue weighted by atomic mass is 10.1. The van der Waals surface area contributed by atoms with Gasteiger partial charge in [0.2, 0.25) is 0 Å². The van der Waals surface area contributed by atoms with Crippen molar-refractivity contribution in [3.63, 3.8) is 0 Å². The van der Waals surface area contributed by atoms with Crippen molar-refractivity contribution in [2.75, 3.05) is 0 Å². The standard InChI is InChI=1S/C10H10N2S2/c1-2-6-4-3-5-7-8(6)12-10(14)9(13)11-7/h3-5H,2H2,1H3,(H,11,13)(H,12,14). The monoisotopic (exact) mass is 222 g/mol. The second-order valence-corrected chi connectivity index (χ2v) is 3.86. The van der Waals surface area contributed by atoms with Crippen LogP contribution in [0.1, 0.15) is 12.5 Å². The van der Waals surface area contributed by atoms with Gasteiger partial charge in [0.1, 0.15) is 10.1 Å². The third kappa shape index (κ3) is 1.60. The molecule has 72 valence electrons. The number of aryl methyl sites for hydroxylation is 1. The van der Waals surface area contributed by atoms with E-state index in [-0.39, 0.29) is 0 Å². The number of hydrogen-bond acceptors (Lipinski definition) is 4. The smallest absolute Gasteiger partial charge is 0.126 e. The first-order chi connectivity index (χ1) is 6.72. The van der Waals surface area contributed by atoms with Gasteiger partial charge in [0.25, 0.3) is 0 Å². The molecule has 1 heterocycles. The number of nitrogens with zero attached hydrogens (tertiary/aromatic N) is 2. The maximum atomic E-state index is 4.37. The highest BCUT2D eigenvalue weighted by molar-refractivity contribution is 7.83. The van der Waals surface area contributed by atoms with Gasteiger partial charge in [-0.2, -0.15) is 0 Å². The lowest BCUT2D eigenvalue weighted by Gasteiger charge is -2.04. The van der Waals surface area contributed by atoms with Gasteiger partial charge >= 0.3 is 0 Å². The molecule has 0 bridgehead atoms. The molecule has 14 heavy (non-hydrogen) atoms. The van der Waals surface area contributed by atoms with Gasteiger partial charge in [0.15, 0.2) is 0 Å². The Kier molecular flexibility index (Phi) is 2.65. The molecule has 0 atom stereocenters. The highest BCUT2D eigenvalue weighted by Crippen LogP contribution is 2.21. The molecule has 1 aromatic heterocycles. The van der Waals surface area contributed by atoms with Gasteiger partial charge in [-0.05, 0) is 18.1 Å². The molecule has 0 N–H and O–H groups in total. The van der Waals surface area contributed by atoms with Gasteiger partial charge in [-0.1, -0.05) is 19.1 Å². The summed E-state index contributed by atoms with van der Waals surface area (Å²) in [5.41, 5.74) is 3.00. The maximum absolute atomic E-state index is 4.37. The first kappa shape index (κ1) is 9.80. The van der Waals surface area contributed by atoms with E-state index in [1.54, 1.807) is 0 Å². The van der Waals surface area contributed by atoms with Crippen molar-refractivity contribution in [3.8, 4) is 0 Å². The predicted octanol–water partition coefficient (Wildman–Crippen LogP) is 2.77. The number of para-hydroxylation sites is 1. The second kappa shape index (κ2) is 3.79. The molecule has 0 saturated heterocycles. The van der Waals surface area contributed by atoms with Gasteiger partial charge < -0.3 is 0 Å². The molecular weight excluding hydrogens is 212 g/mol. The Morgan fingerprint density at radius 1 is 1.14 bits per heavy atom. The summed E-state index contributed by atoms with van der Waals surface area (Å²) in [4.78, 5) is 8.68. The van der Waals surface area contributed by atoms with E-state index < -0.39 is 0 Å². The summed E-state index contributed by atoms with van der Waals surface area (Å²) in [6.45, 7) is 2.10. The minimum atomic E-state index is 0.578. The molecule has 0 radical (unpaired) electrons. The summed E-state index contributed by atoms with van der Waals surface area (Å²) >= 11 is 8.40. The Hall–Kier alpha value is -0.740. The van der Waals surface area contributed by atoms with Crippen LogP contribution in [0.2, 0.25) is 0 Å². The molecule has 0 fully saturated rings. The highest BCUT2D eigenvalue weighted by Gasteiger charge is 2.05. The van der Waals surface area contributed by atoms with Crippen LogP contribution in [0.25, 0.3) is 11.0 Å². The molecule has 0 amide bonds. The molecule has 0 aliphatic carbocycles. The van der Waals surface area contributed by atoms with Gasteiger partial charge in [-0.3, -0.25) is 0 Å². The zero-order chi connectivity index (χ0) is 10.1. The largest absolute Gasteiger partial charge is 0.237 e. The van der Waals surface area contributed by atoms with Crippen LogP contribution in [0.3, 0.4) is 0 Å². The molecule has 2 nitrogen and oxygen atoms in total. The van der Waals surface area contributed by atoms with Crippen LogP contribution in [0, 0.1) is 0 Å². The summed E-state index contributed by atoms with van der Waals surface area (Å²) < 4.78 is 0. The quantitative estimate of drug-likeness (QED) is 0.726. The lowest BCUT2D eigenvalue weighted by Crippen LogP contribution is -1.92. The third-order valence-corrected chi connectivity index (χ3v) is 2.92. The molecule has 0 aliphatic heterocycles. The Morgan fingerprint density at radius 2 is 1.86 bits per heavy atom. The summed E-state index contributed by atoms with van der Waals surface area (Å²) in [7, 11) is 0. The minimum Gasteiger partial charge on any atom is -0.237 e. The van der Waals surface area contributed by atoms with E-state index in [1.807, 2.05) is 12.1 Å². The summed E-state index contributed by atoms with van der Waals surface area (Å²) in [5, 5.41) is 1.16. The SMILES string of the molecule is CCc1cccc2nc(S)c(S)nc12. The van der Waals surface area contributed by atoms with E-state index in [4.69, 9.17) is 0 Å². The van der Waals surface area contributed by atoms with Crippen LogP contribution in [0.15, 0.2) is 28.3 Å². The Morgan fingerprint density at radius 3 is 2.57 bits per heavy atom. The van der Waals surface area contributed by atoms with Crippen molar-refractivity contribution >= 4 is 36.3 Å². The van der Waals surface area contributed by atoms with E-state index >= 15 is 0 Å². The number of fused-ring (bicyclic) bond motifs is 1. The normalized spacial score (nSPS) is 10.8. The van der Waals surface area contributed by atoms with Crippen molar-refractivity contribution in [1.82, 2.24) is 9.97 Å². The molecular formula is C10H10N2S2. The van der Waals surface area contributed by atoms with Gasteiger partial charge in [-0.15, -0.1) is 25.3 Å². The number of thiol groups is 2. The van der Waals surface area contributed by atoms with E-state index in [2.05, 4.69) is 48.2 Å². The molecule has 0 unspecified atom stereocenters. The van der Waals surface area contributed by atoms with Gasteiger partial charge in [0.05, 0.1) is 11.0 Å². The van der Waals surface area contributed by atoms with Crippen LogP contribution in [0.5, 0.6) is 0 Å². The van der Waals surface area contributed by atoms with Gasteiger partial charge in [0, 0.05) is 0 Å². The van der Waals surface area contributed by atoms with Crippen molar-refractivity contribution in [2.24, 2.45) is 0 Å². The van der Waals surface area contributed by atoms with E-state index in [0.29, 0.717) is 10.1 Å².